The van der Waals surface area contributed by atoms with Gasteiger partial charge in [-0.25, -0.2) is 0 Å². The predicted molar refractivity (Wildman–Crippen MR) is 84.4 cm³/mol. The summed E-state index contributed by atoms with van der Waals surface area (Å²) in [5.41, 5.74) is 3.26. The molecular weight excluding hydrogens is 303 g/mol. The lowest BCUT2D eigenvalue weighted by Gasteiger charge is -2.13. The van der Waals surface area contributed by atoms with Crippen molar-refractivity contribution >= 4 is 11.6 Å². The van der Waals surface area contributed by atoms with Crippen LogP contribution in [0, 0.1) is 20.8 Å². The Balaban J connectivity index is 2.15. The Morgan fingerprint density at radius 1 is 1.04 bits per heavy atom. The van der Waals surface area contributed by atoms with E-state index in [0.29, 0.717) is 11.3 Å². The van der Waals surface area contributed by atoms with Crippen LogP contribution in [0.15, 0.2) is 36.4 Å². The second-order valence-corrected chi connectivity index (χ2v) is 5.70. The summed E-state index contributed by atoms with van der Waals surface area (Å²) in [7, 11) is 0. The Labute approximate surface area is 133 Å². The minimum atomic E-state index is -4.41. The molecule has 0 aromatic heterocycles. The lowest BCUT2D eigenvalue weighted by molar-refractivity contribution is -0.137. The number of hydrogen-bond donors (Lipinski definition) is 1. The van der Waals surface area contributed by atoms with Gasteiger partial charge in [-0.2, -0.15) is 13.2 Å². The molecule has 2 aromatic carbocycles. The fourth-order valence-corrected chi connectivity index (χ4v) is 2.60. The molecule has 0 bridgehead atoms. The molecule has 1 N–H and O–H groups in total. The van der Waals surface area contributed by atoms with Gasteiger partial charge in [-0.15, -0.1) is 0 Å². The maximum atomic E-state index is 12.7. The molecule has 2 nitrogen and oxygen atoms in total. The molecule has 0 heterocycles. The van der Waals surface area contributed by atoms with Gasteiger partial charge >= 0.3 is 6.18 Å². The van der Waals surface area contributed by atoms with Crippen LogP contribution in [-0.2, 0) is 17.4 Å². The van der Waals surface area contributed by atoms with Crippen LogP contribution in [0.25, 0.3) is 0 Å². The van der Waals surface area contributed by atoms with Gasteiger partial charge in [0.1, 0.15) is 0 Å². The van der Waals surface area contributed by atoms with Crippen molar-refractivity contribution in [2.45, 2.75) is 33.4 Å². The molecule has 0 unspecified atom stereocenters. The van der Waals surface area contributed by atoms with Gasteiger partial charge in [-0.1, -0.05) is 35.9 Å². The molecule has 0 fully saturated rings. The summed E-state index contributed by atoms with van der Waals surface area (Å²) in [5, 5.41) is 2.79. The third kappa shape index (κ3) is 4.34. The number of amides is 1. The van der Waals surface area contributed by atoms with E-state index in [1.54, 1.807) is 0 Å². The van der Waals surface area contributed by atoms with Crippen LogP contribution in [0.5, 0.6) is 0 Å². The van der Waals surface area contributed by atoms with E-state index in [0.717, 1.165) is 28.8 Å². The number of carbonyl (C=O) groups excluding carboxylic acids is 1. The van der Waals surface area contributed by atoms with E-state index in [4.69, 9.17) is 0 Å². The maximum absolute atomic E-state index is 12.7. The van der Waals surface area contributed by atoms with Crippen molar-refractivity contribution < 1.29 is 18.0 Å². The molecule has 0 saturated heterocycles. The summed E-state index contributed by atoms with van der Waals surface area (Å²) in [6.45, 7) is 5.74. The summed E-state index contributed by atoms with van der Waals surface area (Å²) in [4.78, 5) is 12.1. The molecule has 0 saturated carbocycles. The van der Waals surface area contributed by atoms with E-state index in [2.05, 4.69) is 5.32 Å². The second-order valence-electron chi connectivity index (χ2n) is 5.70. The van der Waals surface area contributed by atoms with Gasteiger partial charge in [-0.3, -0.25) is 4.79 Å². The standard InChI is InChI=1S/C18H18F3NO/c1-11-7-12(2)17(13(3)8-11)22-16(23)10-14-5-4-6-15(9-14)18(19,20)21/h4-9H,10H2,1-3H3,(H,22,23). The average molecular weight is 321 g/mol. The minimum Gasteiger partial charge on any atom is -0.325 e. The van der Waals surface area contributed by atoms with Crippen molar-refractivity contribution in [1.29, 1.82) is 0 Å². The molecule has 0 aliphatic carbocycles. The summed E-state index contributed by atoms with van der Waals surface area (Å²) in [5.74, 6) is -0.334. The van der Waals surface area contributed by atoms with E-state index >= 15 is 0 Å². The van der Waals surface area contributed by atoms with Gasteiger partial charge in [0, 0.05) is 5.69 Å². The molecule has 5 heteroatoms. The van der Waals surface area contributed by atoms with Crippen LogP contribution >= 0.6 is 0 Å². The van der Waals surface area contributed by atoms with E-state index in [1.165, 1.54) is 12.1 Å². The first-order chi connectivity index (χ1) is 10.7. The van der Waals surface area contributed by atoms with E-state index in [-0.39, 0.29) is 12.3 Å². The van der Waals surface area contributed by atoms with Gasteiger partial charge in [0.25, 0.3) is 0 Å². The van der Waals surface area contributed by atoms with Gasteiger partial charge < -0.3 is 5.32 Å². The molecule has 122 valence electrons. The lowest BCUT2D eigenvalue weighted by atomic mass is 10.0. The number of aryl methyl sites for hydroxylation is 3. The highest BCUT2D eigenvalue weighted by atomic mass is 19.4. The summed E-state index contributed by atoms with van der Waals surface area (Å²) in [6.07, 6.45) is -4.51. The molecule has 0 radical (unpaired) electrons. The van der Waals surface area contributed by atoms with Crippen molar-refractivity contribution in [1.82, 2.24) is 0 Å². The molecule has 23 heavy (non-hydrogen) atoms. The van der Waals surface area contributed by atoms with E-state index < -0.39 is 11.7 Å². The van der Waals surface area contributed by atoms with Crippen LogP contribution in [0.2, 0.25) is 0 Å². The summed E-state index contributed by atoms with van der Waals surface area (Å²) >= 11 is 0. The smallest absolute Gasteiger partial charge is 0.325 e. The fourth-order valence-electron chi connectivity index (χ4n) is 2.60. The number of carbonyl (C=O) groups is 1. The third-order valence-corrected chi connectivity index (χ3v) is 3.56. The van der Waals surface area contributed by atoms with Crippen LogP contribution in [0.4, 0.5) is 18.9 Å². The molecule has 0 aliphatic rings. The third-order valence-electron chi connectivity index (χ3n) is 3.56. The zero-order valence-corrected chi connectivity index (χ0v) is 13.2. The van der Waals surface area contributed by atoms with Crippen LogP contribution in [-0.4, -0.2) is 5.91 Å². The van der Waals surface area contributed by atoms with Crippen LogP contribution in [0.1, 0.15) is 27.8 Å². The van der Waals surface area contributed by atoms with Crippen molar-refractivity contribution in [3.8, 4) is 0 Å². The molecule has 1 amide bonds. The first kappa shape index (κ1) is 17.1. The van der Waals surface area contributed by atoms with Crippen LogP contribution in [0.3, 0.4) is 0 Å². The zero-order valence-electron chi connectivity index (χ0n) is 13.2. The van der Waals surface area contributed by atoms with Gasteiger partial charge in [0.15, 0.2) is 0 Å². The first-order valence-electron chi connectivity index (χ1n) is 7.20. The Morgan fingerprint density at radius 3 is 2.22 bits per heavy atom. The molecular formula is C18H18F3NO. The second kappa shape index (κ2) is 6.44. The normalized spacial score (nSPS) is 11.4. The molecule has 0 spiro atoms. The number of benzene rings is 2. The van der Waals surface area contributed by atoms with Crippen molar-refractivity contribution in [3.05, 3.63) is 64.2 Å². The molecule has 2 rings (SSSR count). The zero-order chi connectivity index (χ0) is 17.2. The highest BCUT2D eigenvalue weighted by Gasteiger charge is 2.30. The summed E-state index contributed by atoms with van der Waals surface area (Å²) < 4.78 is 38.1. The SMILES string of the molecule is Cc1cc(C)c(NC(=O)Cc2cccc(C(F)(F)F)c2)c(C)c1. The maximum Gasteiger partial charge on any atom is 0.416 e. The average Bonchev–Trinajstić information content (AvgIpc) is 2.42. The first-order valence-corrected chi connectivity index (χ1v) is 7.20. The van der Waals surface area contributed by atoms with Crippen molar-refractivity contribution in [2.75, 3.05) is 5.32 Å². The predicted octanol–water partition coefficient (Wildman–Crippen LogP) is 4.81. The topological polar surface area (TPSA) is 29.1 Å². The summed E-state index contributed by atoms with van der Waals surface area (Å²) in [6, 6.07) is 8.74. The Kier molecular flexibility index (Phi) is 4.78. The van der Waals surface area contributed by atoms with Gasteiger partial charge in [-0.05, 0) is 43.5 Å². The van der Waals surface area contributed by atoms with Crippen LogP contribution < -0.4 is 5.32 Å². The Bertz CT molecular complexity index is 712. The van der Waals surface area contributed by atoms with E-state index in [9.17, 15) is 18.0 Å². The Morgan fingerprint density at radius 2 is 1.65 bits per heavy atom. The number of nitrogens with one attached hydrogen (secondary N) is 1. The largest absolute Gasteiger partial charge is 0.416 e. The quantitative estimate of drug-likeness (QED) is 0.863. The fraction of sp³-hybridized carbons (Fsp3) is 0.278. The highest BCUT2D eigenvalue weighted by Crippen LogP contribution is 2.29. The number of rotatable bonds is 3. The van der Waals surface area contributed by atoms with Gasteiger partial charge in [0.05, 0.1) is 12.0 Å². The number of halogens is 3. The van der Waals surface area contributed by atoms with Gasteiger partial charge in [0.2, 0.25) is 5.91 Å². The van der Waals surface area contributed by atoms with Crippen molar-refractivity contribution in [2.24, 2.45) is 0 Å². The lowest BCUT2D eigenvalue weighted by Crippen LogP contribution is -2.16. The highest BCUT2D eigenvalue weighted by molar-refractivity contribution is 5.93. The molecule has 2 aromatic rings. The molecule has 0 aliphatic heterocycles. The number of alkyl halides is 3. The Hall–Kier alpha value is -2.30. The number of hydrogen-bond acceptors (Lipinski definition) is 1. The minimum absolute atomic E-state index is 0.101. The monoisotopic (exact) mass is 321 g/mol. The van der Waals surface area contributed by atoms with Crippen molar-refractivity contribution in [3.63, 3.8) is 0 Å². The molecule has 0 atom stereocenters. The number of anilines is 1. The van der Waals surface area contributed by atoms with E-state index in [1.807, 2.05) is 32.9 Å².